The fraction of sp³-hybridized carbons (Fsp3) is 0.647. The first-order valence-corrected chi connectivity index (χ1v) is 9.61. The topological polar surface area (TPSA) is 37.4 Å². The fourth-order valence-electron chi connectivity index (χ4n) is 3.86. The molecule has 1 aliphatic heterocycles. The zero-order valence-electron chi connectivity index (χ0n) is 12.8. The first-order valence-electron chi connectivity index (χ1n) is 8.17. The molecule has 2 unspecified atom stereocenters. The van der Waals surface area contributed by atoms with Gasteiger partial charge in [0.25, 0.3) is 0 Å². The Balaban J connectivity index is 1.86. The summed E-state index contributed by atoms with van der Waals surface area (Å²) < 4.78 is 27.6. The largest absolute Gasteiger partial charge is 0.243 e. The van der Waals surface area contributed by atoms with Crippen LogP contribution < -0.4 is 0 Å². The van der Waals surface area contributed by atoms with Crippen LogP contribution in [0.3, 0.4) is 0 Å². The minimum absolute atomic E-state index is 0.233. The van der Waals surface area contributed by atoms with Gasteiger partial charge in [0, 0.05) is 12.6 Å². The normalized spacial score (nSPS) is 27.9. The predicted octanol–water partition coefficient (Wildman–Crippen LogP) is 3.73. The molecule has 1 aromatic rings. The number of sulfonamides is 1. The second kappa shape index (κ2) is 6.09. The molecule has 0 radical (unpaired) electrons. The molecule has 1 heterocycles. The van der Waals surface area contributed by atoms with Crippen molar-refractivity contribution in [2.24, 2.45) is 5.92 Å². The number of hydrogen-bond donors (Lipinski definition) is 0. The minimum Gasteiger partial charge on any atom is -0.207 e. The highest BCUT2D eigenvalue weighted by molar-refractivity contribution is 7.89. The van der Waals surface area contributed by atoms with Gasteiger partial charge in [0.1, 0.15) is 0 Å². The lowest BCUT2D eigenvalue weighted by atomic mass is 9.88. The lowest BCUT2D eigenvalue weighted by Gasteiger charge is -2.29. The maximum atomic E-state index is 12.9. The number of fused-ring (bicyclic) bond motifs is 1. The molecule has 1 aliphatic carbocycles. The molecule has 1 aromatic carbocycles. The van der Waals surface area contributed by atoms with E-state index in [4.69, 9.17) is 0 Å². The monoisotopic (exact) mass is 307 g/mol. The molecular weight excluding hydrogens is 282 g/mol. The Bertz CT molecular complexity index is 579. The molecule has 2 aliphatic rings. The van der Waals surface area contributed by atoms with Gasteiger partial charge in [0.2, 0.25) is 10.0 Å². The van der Waals surface area contributed by atoms with Gasteiger partial charge in [-0.25, -0.2) is 8.42 Å². The van der Waals surface area contributed by atoms with E-state index in [1.165, 1.54) is 32.1 Å². The van der Waals surface area contributed by atoms with Gasteiger partial charge in [-0.1, -0.05) is 43.4 Å². The van der Waals surface area contributed by atoms with Crippen molar-refractivity contribution in [1.82, 2.24) is 4.31 Å². The summed E-state index contributed by atoms with van der Waals surface area (Å²) >= 11 is 0. The van der Waals surface area contributed by atoms with E-state index >= 15 is 0 Å². The molecule has 1 saturated heterocycles. The van der Waals surface area contributed by atoms with Crippen LogP contribution in [0.1, 0.15) is 50.5 Å². The van der Waals surface area contributed by atoms with Crippen molar-refractivity contribution in [3.63, 3.8) is 0 Å². The van der Waals surface area contributed by atoms with E-state index in [0.29, 0.717) is 17.4 Å². The Morgan fingerprint density at radius 2 is 1.62 bits per heavy atom. The third-order valence-electron chi connectivity index (χ3n) is 5.09. The summed E-state index contributed by atoms with van der Waals surface area (Å²) in [4.78, 5) is 0.454. The van der Waals surface area contributed by atoms with Crippen LogP contribution in [0.15, 0.2) is 29.2 Å². The lowest BCUT2D eigenvalue weighted by Crippen LogP contribution is -2.38. The Morgan fingerprint density at radius 3 is 2.33 bits per heavy atom. The van der Waals surface area contributed by atoms with Crippen molar-refractivity contribution in [1.29, 1.82) is 0 Å². The second-order valence-electron chi connectivity index (χ2n) is 6.54. The lowest BCUT2D eigenvalue weighted by molar-refractivity contribution is 0.279. The molecule has 1 saturated carbocycles. The standard InChI is InChI=1S/C17H25NO2S/c1-14-8-10-16(11-9-14)21(19,20)18-13-12-15-6-4-2-3-5-7-17(15)18/h8-11,15,17H,2-7,12-13H2,1H3. The van der Waals surface area contributed by atoms with Crippen molar-refractivity contribution in [2.45, 2.75) is 62.8 Å². The van der Waals surface area contributed by atoms with Crippen molar-refractivity contribution in [3.05, 3.63) is 29.8 Å². The highest BCUT2D eigenvalue weighted by atomic mass is 32.2. The van der Waals surface area contributed by atoms with Crippen LogP contribution in [0.4, 0.5) is 0 Å². The van der Waals surface area contributed by atoms with Crippen LogP contribution in [0.25, 0.3) is 0 Å². The number of hydrogen-bond acceptors (Lipinski definition) is 2. The molecule has 3 rings (SSSR count). The van der Waals surface area contributed by atoms with Gasteiger partial charge in [0.05, 0.1) is 4.90 Å². The first-order chi connectivity index (χ1) is 10.1. The van der Waals surface area contributed by atoms with Gasteiger partial charge in [-0.3, -0.25) is 0 Å². The SMILES string of the molecule is Cc1ccc(S(=O)(=O)N2CCC3CCCCCCC32)cc1. The van der Waals surface area contributed by atoms with E-state index < -0.39 is 10.0 Å². The van der Waals surface area contributed by atoms with E-state index in [0.717, 1.165) is 18.4 Å². The van der Waals surface area contributed by atoms with Crippen LogP contribution in [0.2, 0.25) is 0 Å². The zero-order chi connectivity index (χ0) is 14.9. The summed E-state index contributed by atoms with van der Waals surface area (Å²) in [5.41, 5.74) is 1.10. The Kier molecular flexibility index (Phi) is 4.36. The molecule has 116 valence electrons. The summed E-state index contributed by atoms with van der Waals surface area (Å²) in [5, 5.41) is 0. The Labute approximate surface area is 128 Å². The summed E-state index contributed by atoms with van der Waals surface area (Å²) in [6.45, 7) is 2.68. The molecule has 21 heavy (non-hydrogen) atoms. The Morgan fingerprint density at radius 1 is 0.952 bits per heavy atom. The fourth-order valence-corrected chi connectivity index (χ4v) is 5.59. The molecule has 0 aromatic heterocycles. The van der Waals surface area contributed by atoms with Gasteiger partial charge in [-0.05, 0) is 44.2 Å². The van der Waals surface area contributed by atoms with Crippen molar-refractivity contribution >= 4 is 10.0 Å². The third-order valence-corrected chi connectivity index (χ3v) is 7.03. The van der Waals surface area contributed by atoms with E-state index in [9.17, 15) is 8.42 Å². The quantitative estimate of drug-likeness (QED) is 0.835. The van der Waals surface area contributed by atoms with Gasteiger partial charge in [-0.15, -0.1) is 0 Å². The maximum absolute atomic E-state index is 12.9. The minimum atomic E-state index is -3.32. The molecular formula is C17H25NO2S. The van der Waals surface area contributed by atoms with Crippen molar-refractivity contribution in [2.75, 3.05) is 6.54 Å². The van der Waals surface area contributed by atoms with Crippen LogP contribution in [0.5, 0.6) is 0 Å². The molecule has 0 spiro atoms. The zero-order valence-corrected chi connectivity index (χ0v) is 13.6. The Hall–Kier alpha value is -0.870. The summed E-state index contributed by atoms with van der Waals surface area (Å²) in [7, 11) is -3.32. The first kappa shape index (κ1) is 15.0. The average molecular weight is 307 g/mol. The van der Waals surface area contributed by atoms with Crippen LogP contribution in [0, 0.1) is 12.8 Å². The summed E-state index contributed by atoms with van der Waals surface area (Å²) in [6.07, 6.45) is 8.27. The van der Waals surface area contributed by atoms with Crippen LogP contribution in [-0.2, 0) is 10.0 Å². The highest BCUT2D eigenvalue weighted by Crippen LogP contribution is 2.37. The highest BCUT2D eigenvalue weighted by Gasteiger charge is 2.41. The van der Waals surface area contributed by atoms with Crippen molar-refractivity contribution in [3.8, 4) is 0 Å². The van der Waals surface area contributed by atoms with Gasteiger partial charge < -0.3 is 0 Å². The van der Waals surface area contributed by atoms with Gasteiger partial charge in [-0.2, -0.15) is 4.31 Å². The van der Waals surface area contributed by atoms with Crippen LogP contribution in [-0.4, -0.2) is 25.3 Å². The van der Waals surface area contributed by atoms with E-state index in [2.05, 4.69) is 0 Å². The molecule has 4 heteroatoms. The molecule has 0 N–H and O–H groups in total. The summed E-state index contributed by atoms with van der Waals surface area (Å²) in [6, 6.07) is 7.51. The predicted molar refractivity (Wildman–Crippen MR) is 84.7 cm³/mol. The van der Waals surface area contributed by atoms with Gasteiger partial charge in [0.15, 0.2) is 0 Å². The van der Waals surface area contributed by atoms with Crippen LogP contribution >= 0.6 is 0 Å². The molecule has 0 amide bonds. The number of aryl methyl sites for hydroxylation is 1. The summed E-state index contributed by atoms with van der Waals surface area (Å²) in [5.74, 6) is 0.575. The molecule has 2 atom stereocenters. The third kappa shape index (κ3) is 3.02. The van der Waals surface area contributed by atoms with E-state index in [1.807, 2.05) is 19.1 Å². The maximum Gasteiger partial charge on any atom is 0.243 e. The smallest absolute Gasteiger partial charge is 0.207 e. The van der Waals surface area contributed by atoms with E-state index in [1.54, 1.807) is 16.4 Å². The number of nitrogens with zero attached hydrogens (tertiary/aromatic N) is 1. The number of benzene rings is 1. The second-order valence-corrected chi connectivity index (χ2v) is 8.43. The number of rotatable bonds is 2. The van der Waals surface area contributed by atoms with Crippen molar-refractivity contribution < 1.29 is 8.42 Å². The molecule has 3 nitrogen and oxygen atoms in total. The van der Waals surface area contributed by atoms with Gasteiger partial charge >= 0.3 is 0 Å². The molecule has 2 fully saturated rings. The van der Waals surface area contributed by atoms with E-state index in [-0.39, 0.29) is 6.04 Å². The molecule has 0 bridgehead atoms. The average Bonchev–Trinajstić information content (AvgIpc) is 2.82.